The third kappa shape index (κ3) is 4.32. The van der Waals surface area contributed by atoms with Gasteiger partial charge in [0.2, 0.25) is 5.82 Å². The second-order valence-corrected chi connectivity index (χ2v) is 4.41. The summed E-state index contributed by atoms with van der Waals surface area (Å²) in [5, 5.41) is 0.777. The average molecular weight is 342 g/mol. The molecule has 1 heterocycles. The molecule has 0 saturated carbocycles. The highest BCUT2D eigenvalue weighted by Crippen LogP contribution is 2.28. The van der Waals surface area contributed by atoms with Crippen LogP contribution in [0.4, 0.5) is 23.7 Å². The number of alkyl halides is 3. The van der Waals surface area contributed by atoms with Gasteiger partial charge < -0.3 is 9.47 Å². The van der Waals surface area contributed by atoms with Gasteiger partial charge in [-0.15, -0.1) is 0 Å². The number of anilines is 1. The summed E-state index contributed by atoms with van der Waals surface area (Å²) in [4.78, 5) is 17.9. The molecule has 0 saturated heterocycles. The fourth-order valence-corrected chi connectivity index (χ4v) is 1.65. The number of carbonyl (C=O) groups excluding carboxylic acids is 1. The topological polar surface area (TPSA) is 90.6 Å². The number of nitrogens with zero attached hydrogens (tertiary/aromatic N) is 3. The van der Waals surface area contributed by atoms with Crippen LogP contribution in [-0.4, -0.2) is 22.7 Å². The SMILES string of the molecule is CCOC(=O)N(N)c1cccc(Oc2cnc(C(F)(F)F)nc2)c1. The van der Waals surface area contributed by atoms with Crippen molar-refractivity contribution in [3.05, 3.63) is 42.5 Å². The highest BCUT2D eigenvalue weighted by atomic mass is 19.4. The predicted octanol–water partition coefficient (Wildman–Crippen LogP) is 3.12. The summed E-state index contributed by atoms with van der Waals surface area (Å²) in [5.41, 5.74) is 0.277. The van der Waals surface area contributed by atoms with Gasteiger partial charge in [0.15, 0.2) is 5.75 Å². The van der Waals surface area contributed by atoms with Gasteiger partial charge in [0.1, 0.15) is 5.75 Å². The number of hydrazine groups is 1. The summed E-state index contributed by atoms with van der Waals surface area (Å²) in [7, 11) is 0. The number of benzene rings is 1. The number of rotatable bonds is 4. The van der Waals surface area contributed by atoms with Crippen LogP contribution in [-0.2, 0) is 10.9 Å². The lowest BCUT2D eigenvalue weighted by Gasteiger charge is -2.16. The van der Waals surface area contributed by atoms with Gasteiger partial charge in [-0.25, -0.2) is 25.6 Å². The van der Waals surface area contributed by atoms with E-state index in [-0.39, 0.29) is 23.8 Å². The maximum absolute atomic E-state index is 12.4. The third-order valence-corrected chi connectivity index (χ3v) is 2.68. The molecule has 2 N–H and O–H groups in total. The number of hydrogen-bond donors (Lipinski definition) is 1. The molecule has 7 nitrogen and oxygen atoms in total. The summed E-state index contributed by atoms with van der Waals surface area (Å²) in [6.07, 6.45) is -3.59. The first-order valence-corrected chi connectivity index (χ1v) is 6.70. The van der Waals surface area contributed by atoms with Gasteiger partial charge in [0, 0.05) is 6.07 Å². The fraction of sp³-hybridized carbons (Fsp3) is 0.214. The monoisotopic (exact) mass is 342 g/mol. The molecule has 1 aromatic heterocycles. The average Bonchev–Trinajstić information content (AvgIpc) is 2.54. The maximum Gasteiger partial charge on any atom is 0.451 e. The molecule has 0 aliphatic rings. The number of nitrogens with two attached hydrogens (primary N) is 1. The van der Waals surface area contributed by atoms with E-state index < -0.39 is 18.1 Å². The lowest BCUT2D eigenvalue weighted by atomic mass is 10.3. The number of aromatic nitrogens is 2. The van der Waals surface area contributed by atoms with Gasteiger partial charge in [-0.05, 0) is 19.1 Å². The Morgan fingerprint density at radius 2 is 1.92 bits per heavy atom. The molecule has 128 valence electrons. The highest BCUT2D eigenvalue weighted by molar-refractivity contribution is 5.86. The number of ether oxygens (including phenoxy) is 2. The summed E-state index contributed by atoms with van der Waals surface area (Å²) in [6, 6.07) is 6.02. The van der Waals surface area contributed by atoms with Crippen LogP contribution in [0.3, 0.4) is 0 Å². The molecule has 2 aromatic rings. The van der Waals surface area contributed by atoms with Crippen LogP contribution in [0.2, 0.25) is 0 Å². The Morgan fingerprint density at radius 3 is 2.50 bits per heavy atom. The minimum Gasteiger partial charge on any atom is -0.454 e. The molecule has 0 spiro atoms. The quantitative estimate of drug-likeness (QED) is 0.521. The zero-order chi connectivity index (χ0) is 17.7. The zero-order valence-electron chi connectivity index (χ0n) is 12.4. The fourth-order valence-electron chi connectivity index (χ4n) is 1.65. The molecular formula is C14H13F3N4O3. The molecule has 0 fully saturated rings. The molecule has 0 aliphatic carbocycles. The minimum absolute atomic E-state index is 0.000133. The van der Waals surface area contributed by atoms with Crippen molar-refractivity contribution in [2.75, 3.05) is 11.6 Å². The molecule has 0 bridgehead atoms. The Kier molecular flexibility index (Phi) is 5.19. The molecule has 0 atom stereocenters. The smallest absolute Gasteiger partial charge is 0.451 e. The van der Waals surface area contributed by atoms with Crippen LogP contribution in [0, 0.1) is 0 Å². The van der Waals surface area contributed by atoms with Crippen molar-refractivity contribution in [2.45, 2.75) is 13.1 Å². The van der Waals surface area contributed by atoms with Gasteiger partial charge >= 0.3 is 12.3 Å². The van der Waals surface area contributed by atoms with Crippen molar-refractivity contribution in [3.8, 4) is 11.5 Å². The van der Waals surface area contributed by atoms with Crippen molar-refractivity contribution in [1.29, 1.82) is 0 Å². The largest absolute Gasteiger partial charge is 0.454 e. The lowest BCUT2D eigenvalue weighted by molar-refractivity contribution is -0.145. The first-order chi connectivity index (χ1) is 11.3. The maximum atomic E-state index is 12.4. The van der Waals surface area contributed by atoms with E-state index in [1.54, 1.807) is 13.0 Å². The van der Waals surface area contributed by atoms with Crippen molar-refractivity contribution in [3.63, 3.8) is 0 Å². The van der Waals surface area contributed by atoms with Crippen LogP contribution in [0.15, 0.2) is 36.7 Å². The molecule has 24 heavy (non-hydrogen) atoms. The molecule has 0 aliphatic heterocycles. The van der Waals surface area contributed by atoms with E-state index in [0.717, 1.165) is 17.4 Å². The van der Waals surface area contributed by atoms with Crippen molar-refractivity contribution in [2.24, 2.45) is 5.84 Å². The zero-order valence-corrected chi connectivity index (χ0v) is 12.4. The van der Waals surface area contributed by atoms with Gasteiger partial charge in [-0.2, -0.15) is 13.2 Å². The van der Waals surface area contributed by atoms with E-state index in [1.807, 2.05) is 0 Å². The van der Waals surface area contributed by atoms with Gasteiger partial charge in [-0.1, -0.05) is 6.07 Å². The van der Waals surface area contributed by atoms with E-state index in [2.05, 4.69) is 9.97 Å². The molecule has 0 unspecified atom stereocenters. The second kappa shape index (κ2) is 7.13. The highest BCUT2D eigenvalue weighted by Gasteiger charge is 2.34. The summed E-state index contributed by atoms with van der Waals surface area (Å²) >= 11 is 0. The third-order valence-electron chi connectivity index (χ3n) is 2.68. The Balaban J connectivity index is 2.13. The van der Waals surface area contributed by atoms with Crippen molar-refractivity contribution >= 4 is 11.8 Å². The Labute approximate surface area is 134 Å². The summed E-state index contributed by atoms with van der Waals surface area (Å²) in [5.74, 6) is 4.58. The van der Waals surface area contributed by atoms with E-state index in [1.165, 1.54) is 18.2 Å². The van der Waals surface area contributed by atoms with Gasteiger partial charge in [-0.3, -0.25) is 0 Å². The number of halogens is 3. The van der Waals surface area contributed by atoms with Crippen LogP contribution < -0.4 is 15.6 Å². The number of amides is 1. The normalized spacial score (nSPS) is 11.0. The van der Waals surface area contributed by atoms with Crippen LogP contribution >= 0.6 is 0 Å². The molecule has 10 heteroatoms. The molecule has 0 radical (unpaired) electrons. The standard InChI is InChI=1S/C14H13F3N4O3/c1-2-23-13(22)21(18)9-4-3-5-10(6-9)24-11-7-19-12(20-8-11)14(15,16)17/h3-8H,2,18H2,1H3. The molecule has 1 amide bonds. The Morgan fingerprint density at radius 1 is 1.25 bits per heavy atom. The number of carbonyl (C=O) groups is 1. The van der Waals surface area contributed by atoms with Gasteiger partial charge in [0.05, 0.1) is 24.7 Å². The Hall–Kier alpha value is -2.88. The first-order valence-electron chi connectivity index (χ1n) is 6.70. The summed E-state index contributed by atoms with van der Waals surface area (Å²) in [6.45, 7) is 1.79. The molecular weight excluding hydrogens is 329 g/mol. The molecule has 1 aromatic carbocycles. The van der Waals surface area contributed by atoms with Crippen molar-refractivity contribution < 1.29 is 27.4 Å². The van der Waals surface area contributed by atoms with E-state index >= 15 is 0 Å². The van der Waals surface area contributed by atoms with Crippen LogP contribution in [0.5, 0.6) is 11.5 Å². The van der Waals surface area contributed by atoms with Crippen LogP contribution in [0.1, 0.15) is 12.7 Å². The Bertz CT molecular complexity index is 707. The van der Waals surface area contributed by atoms with Crippen LogP contribution in [0.25, 0.3) is 0 Å². The van der Waals surface area contributed by atoms with E-state index in [9.17, 15) is 18.0 Å². The van der Waals surface area contributed by atoms with E-state index in [4.69, 9.17) is 15.3 Å². The lowest BCUT2D eigenvalue weighted by Crippen LogP contribution is -2.37. The second-order valence-electron chi connectivity index (χ2n) is 4.41. The first kappa shape index (κ1) is 17.5. The predicted molar refractivity (Wildman–Crippen MR) is 77.2 cm³/mol. The van der Waals surface area contributed by atoms with E-state index in [0.29, 0.717) is 0 Å². The van der Waals surface area contributed by atoms with Gasteiger partial charge in [0.25, 0.3) is 0 Å². The van der Waals surface area contributed by atoms with Crippen molar-refractivity contribution in [1.82, 2.24) is 9.97 Å². The summed E-state index contributed by atoms with van der Waals surface area (Å²) < 4.78 is 47.3. The number of hydrogen-bond acceptors (Lipinski definition) is 6. The molecule has 2 rings (SSSR count). The minimum atomic E-state index is -4.63.